The average molecular weight is 582 g/mol. The van der Waals surface area contributed by atoms with Crippen molar-refractivity contribution in [2.75, 3.05) is 10.6 Å². The van der Waals surface area contributed by atoms with Crippen LogP contribution in [-0.2, 0) is 0 Å². The van der Waals surface area contributed by atoms with Crippen LogP contribution in [0.5, 0.6) is 0 Å². The first-order valence-electron chi connectivity index (χ1n) is 10.9. The average Bonchev–Trinajstić information content (AvgIpc) is 2.84. The monoisotopic (exact) mass is 581 g/mol. The van der Waals surface area contributed by atoms with Crippen LogP contribution in [0.15, 0.2) is 83.0 Å². The predicted octanol–water partition coefficient (Wildman–Crippen LogP) is 8.07. The van der Waals surface area contributed by atoms with E-state index in [9.17, 15) is 31.1 Å². The van der Waals surface area contributed by atoms with Gasteiger partial charge in [-0.3, -0.25) is 9.78 Å². The number of hydrogen-bond donors (Lipinski definition) is 2. The molecule has 2 N–H and O–H groups in total. The lowest BCUT2D eigenvalue weighted by Gasteiger charge is -2.14. The summed E-state index contributed by atoms with van der Waals surface area (Å²) >= 11 is -1.21. The van der Waals surface area contributed by atoms with Gasteiger partial charge in [-0.15, -0.1) is 0 Å². The van der Waals surface area contributed by atoms with Crippen LogP contribution in [0, 0.1) is 6.92 Å². The highest BCUT2D eigenvalue weighted by atomic mass is 32.2. The van der Waals surface area contributed by atoms with Crippen LogP contribution in [0.3, 0.4) is 0 Å². The molecule has 2 aromatic heterocycles. The second-order valence-corrected chi connectivity index (χ2v) is 10.2. The van der Waals surface area contributed by atoms with Crippen molar-refractivity contribution in [3.05, 3.63) is 84.3 Å². The van der Waals surface area contributed by atoms with Crippen molar-refractivity contribution in [2.24, 2.45) is 0 Å². The second kappa shape index (κ2) is 11.5. The molecule has 2 heterocycles. The van der Waals surface area contributed by atoms with Gasteiger partial charge in [-0.05, 0) is 84.5 Å². The van der Waals surface area contributed by atoms with Gasteiger partial charge in [0.2, 0.25) is 5.95 Å². The molecule has 0 aliphatic heterocycles. The Morgan fingerprint density at radius 3 is 2.18 bits per heavy atom. The predicted molar refractivity (Wildman–Crippen MR) is 138 cm³/mol. The van der Waals surface area contributed by atoms with Gasteiger partial charge in [0.25, 0.3) is 5.91 Å². The first-order valence-corrected chi connectivity index (χ1v) is 12.6. The Bertz CT molecular complexity index is 1450. The molecule has 202 valence electrons. The van der Waals surface area contributed by atoms with E-state index in [4.69, 9.17) is 0 Å². The highest BCUT2D eigenvalue weighted by molar-refractivity contribution is 8.01. The number of anilines is 3. The van der Waals surface area contributed by atoms with E-state index in [1.807, 2.05) is 6.07 Å². The van der Waals surface area contributed by atoms with Crippen molar-refractivity contribution < 1.29 is 31.1 Å². The standard InChI is InChI=1S/C25H17F6N5OS2/c1-14-4-5-17(11-21(14)36-23-33-8-6-20(35-23)15-3-2-7-32-13-15)34-22(37)16-9-18(38-24(26,27)28)12-19(10-16)39-25(29,30)31/h2-13H,1H3,(H,34,37)(H,33,35,36). The Kier molecular flexibility index (Phi) is 8.35. The largest absolute Gasteiger partial charge is 0.446 e. The van der Waals surface area contributed by atoms with E-state index in [1.54, 1.807) is 55.8 Å². The van der Waals surface area contributed by atoms with Crippen molar-refractivity contribution in [1.82, 2.24) is 15.0 Å². The Morgan fingerprint density at radius 1 is 0.872 bits per heavy atom. The Hall–Kier alpha value is -3.78. The van der Waals surface area contributed by atoms with E-state index in [2.05, 4.69) is 25.6 Å². The minimum atomic E-state index is -4.75. The molecule has 0 fully saturated rings. The maximum atomic E-state index is 12.9. The quantitative estimate of drug-likeness (QED) is 0.169. The molecule has 0 saturated heterocycles. The summed E-state index contributed by atoms with van der Waals surface area (Å²) in [5.74, 6) is -0.623. The SMILES string of the molecule is Cc1ccc(NC(=O)c2cc(SC(F)(F)F)cc(SC(F)(F)F)c2)cc1Nc1nccc(-c2cccnc2)n1. The number of benzene rings is 2. The first kappa shape index (κ1) is 28.2. The van der Waals surface area contributed by atoms with Crippen molar-refractivity contribution in [3.8, 4) is 11.3 Å². The summed E-state index contributed by atoms with van der Waals surface area (Å²) in [6.45, 7) is 1.79. The second-order valence-electron chi connectivity index (χ2n) is 7.90. The highest BCUT2D eigenvalue weighted by Crippen LogP contribution is 2.42. The van der Waals surface area contributed by atoms with E-state index in [-0.39, 0.29) is 17.2 Å². The Balaban J connectivity index is 1.57. The van der Waals surface area contributed by atoms with Gasteiger partial charge < -0.3 is 10.6 Å². The summed E-state index contributed by atoms with van der Waals surface area (Å²) in [4.78, 5) is 24.5. The molecule has 0 spiro atoms. The molecular weight excluding hydrogens is 564 g/mol. The van der Waals surface area contributed by atoms with E-state index in [0.29, 0.717) is 11.4 Å². The molecule has 0 aliphatic carbocycles. The lowest BCUT2D eigenvalue weighted by molar-refractivity contribution is -0.0334. The maximum absolute atomic E-state index is 12.9. The van der Waals surface area contributed by atoms with Crippen molar-refractivity contribution in [1.29, 1.82) is 0 Å². The van der Waals surface area contributed by atoms with E-state index >= 15 is 0 Å². The summed E-state index contributed by atoms with van der Waals surface area (Å²) < 4.78 is 77.3. The van der Waals surface area contributed by atoms with Gasteiger partial charge in [0.15, 0.2) is 0 Å². The number of aryl methyl sites for hydroxylation is 1. The number of nitrogens with zero attached hydrogens (tertiary/aromatic N) is 3. The molecule has 2 aromatic carbocycles. The summed E-state index contributed by atoms with van der Waals surface area (Å²) in [6.07, 6.45) is 4.84. The lowest BCUT2D eigenvalue weighted by Crippen LogP contribution is -2.13. The number of nitrogens with one attached hydrogen (secondary N) is 2. The summed E-state index contributed by atoms with van der Waals surface area (Å²) in [5.41, 5.74) is -6.94. The zero-order valence-corrected chi connectivity index (χ0v) is 21.4. The number of thioether (sulfide) groups is 2. The van der Waals surface area contributed by atoms with Gasteiger partial charge in [0, 0.05) is 50.9 Å². The van der Waals surface area contributed by atoms with Crippen LogP contribution >= 0.6 is 23.5 Å². The molecule has 0 radical (unpaired) electrons. The fraction of sp³-hybridized carbons (Fsp3) is 0.120. The molecule has 4 rings (SSSR count). The summed E-state index contributed by atoms with van der Waals surface area (Å²) in [6, 6.07) is 12.6. The minimum absolute atomic E-state index is 0.246. The van der Waals surface area contributed by atoms with Crippen LogP contribution in [0.4, 0.5) is 43.7 Å². The zero-order chi connectivity index (χ0) is 28.2. The molecule has 0 bridgehead atoms. The van der Waals surface area contributed by atoms with E-state index in [1.165, 1.54) is 0 Å². The number of pyridine rings is 1. The third-order valence-electron chi connectivity index (χ3n) is 4.96. The molecule has 0 aliphatic rings. The number of alkyl halides is 6. The topological polar surface area (TPSA) is 79.8 Å². The van der Waals surface area contributed by atoms with Crippen molar-refractivity contribution >= 4 is 46.8 Å². The highest BCUT2D eigenvalue weighted by Gasteiger charge is 2.32. The maximum Gasteiger partial charge on any atom is 0.446 e. The number of halogens is 6. The van der Waals surface area contributed by atoms with Gasteiger partial charge in [-0.25, -0.2) is 9.97 Å². The van der Waals surface area contributed by atoms with E-state index in [0.717, 1.165) is 29.3 Å². The van der Waals surface area contributed by atoms with Gasteiger partial charge in [0.1, 0.15) is 0 Å². The summed E-state index contributed by atoms with van der Waals surface area (Å²) in [7, 11) is 0. The van der Waals surface area contributed by atoms with Gasteiger partial charge >= 0.3 is 11.0 Å². The number of rotatable bonds is 7. The molecule has 0 saturated carbocycles. The third-order valence-corrected chi connectivity index (χ3v) is 6.37. The van der Waals surface area contributed by atoms with Gasteiger partial charge in [-0.2, -0.15) is 26.3 Å². The van der Waals surface area contributed by atoms with Crippen molar-refractivity contribution in [2.45, 2.75) is 27.7 Å². The van der Waals surface area contributed by atoms with Crippen LogP contribution in [0.25, 0.3) is 11.3 Å². The molecule has 14 heteroatoms. The van der Waals surface area contributed by atoms with Gasteiger partial charge in [0.05, 0.1) is 5.69 Å². The van der Waals surface area contributed by atoms with Crippen LogP contribution in [-0.4, -0.2) is 31.9 Å². The lowest BCUT2D eigenvalue weighted by atomic mass is 10.1. The fourth-order valence-corrected chi connectivity index (χ4v) is 4.69. The Labute approximate surface area is 226 Å². The van der Waals surface area contributed by atoms with Crippen LogP contribution in [0.1, 0.15) is 15.9 Å². The van der Waals surface area contributed by atoms with Gasteiger partial charge in [-0.1, -0.05) is 6.07 Å². The molecule has 4 aromatic rings. The number of carbonyl (C=O) groups is 1. The van der Waals surface area contributed by atoms with Crippen molar-refractivity contribution in [3.63, 3.8) is 0 Å². The number of carbonyl (C=O) groups excluding carboxylic acids is 1. The molecule has 1 amide bonds. The number of hydrogen-bond acceptors (Lipinski definition) is 7. The first-order chi connectivity index (χ1) is 18.3. The molecule has 0 atom stereocenters. The Morgan fingerprint density at radius 2 is 1.56 bits per heavy atom. The smallest absolute Gasteiger partial charge is 0.324 e. The molecule has 6 nitrogen and oxygen atoms in total. The van der Waals surface area contributed by atoms with E-state index < -0.39 is 50.2 Å². The number of aromatic nitrogens is 3. The third kappa shape index (κ3) is 8.35. The number of amides is 1. The normalized spacial score (nSPS) is 11.8. The molecule has 0 unspecified atom stereocenters. The van der Waals surface area contributed by atoms with Crippen LogP contribution < -0.4 is 10.6 Å². The summed E-state index contributed by atoms with van der Waals surface area (Å²) in [5, 5.41) is 5.57. The zero-order valence-electron chi connectivity index (χ0n) is 19.8. The minimum Gasteiger partial charge on any atom is -0.324 e. The van der Waals surface area contributed by atoms with Crippen LogP contribution in [0.2, 0.25) is 0 Å². The molecule has 39 heavy (non-hydrogen) atoms. The molecular formula is C25H17F6N5OS2. The fourth-order valence-electron chi connectivity index (χ4n) is 3.34.